The van der Waals surface area contributed by atoms with E-state index in [-0.39, 0.29) is 5.91 Å². The molecule has 29 heavy (non-hydrogen) atoms. The van der Waals surface area contributed by atoms with E-state index in [2.05, 4.69) is 25.6 Å². The van der Waals surface area contributed by atoms with Crippen LogP contribution in [0.2, 0.25) is 0 Å². The van der Waals surface area contributed by atoms with Crippen LogP contribution in [0.25, 0.3) is 0 Å². The third-order valence-electron chi connectivity index (χ3n) is 4.19. The predicted octanol–water partition coefficient (Wildman–Crippen LogP) is 4.99. The highest BCUT2D eigenvalue weighted by atomic mass is 16.1. The maximum absolute atomic E-state index is 12.5. The van der Waals surface area contributed by atoms with E-state index in [1.54, 1.807) is 35.3 Å². The zero-order valence-corrected chi connectivity index (χ0v) is 15.5. The van der Waals surface area contributed by atoms with Gasteiger partial charge in [0.1, 0.15) is 12.7 Å². The van der Waals surface area contributed by atoms with E-state index in [0.717, 1.165) is 11.3 Å². The Morgan fingerprint density at radius 3 is 2.21 bits per heavy atom. The molecule has 0 aliphatic heterocycles. The Bertz CT molecular complexity index is 1090. The lowest BCUT2D eigenvalue weighted by Gasteiger charge is -2.07. The number of rotatable bonds is 6. The molecule has 0 spiro atoms. The van der Waals surface area contributed by atoms with Crippen LogP contribution in [-0.4, -0.2) is 20.7 Å². The van der Waals surface area contributed by atoms with Crippen molar-refractivity contribution < 1.29 is 4.79 Å². The van der Waals surface area contributed by atoms with Gasteiger partial charge in [-0.3, -0.25) is 4.79 Å². The summed E-state index contributed by atoms with van der Waals surface area (Å²) in [6.07, 6.45) is 3.15. The predicted molar refractivity (Wildman–Crippen MR) is 111 cm³/mol. The lowest BCUT2D eigenvalue weighted by atomic mass is 10.1. The van der Waals surface area contributed by atoms with Crippen molar-refractivity contribution in [3.63, 3.8) is 0 Å². The number of hydrogen-bond acceptors (Lipinski definition) is 5. The third-order valence-corrected chi connectivity index (χ3v) is 4.19. The minimum atomic E-state index is -0.170. The first-order chi connectivity index (χ1) is 14.3. The molecule has 1 amide bonds. The van der Waals surface area contributed by atoms with Crippen LogP contribution in [0.15, 0.2) is 102 Å². The number of carbonyl (C=O) groups excluding carboxylic acids is 1. The number of aromatic nitrogens is 3. The fourth-order valence-electron chi connectivity index (χ4n) is 2.69. The Kier molecular flexibility index (Phi) is 5.48. The molecule has 3 aromatic carbocycles. The van der Waals surface area contributed by atoms with E-state index in [4.69, 9.17) is 0 Å². The molecule has 1 aromatic heterocycles. The van der Waals surface area contributed by atoms with E-state index >= 15 is 0 Å². The average Bonchev–Trinajstić information content (AvgIpc) is 3.27. The van der Waals surface area contributed by atoms with Crippen LogP contribution in [0, 0.1) is 0 Å². The molecule has 0 atom stereocenters. The maximum atomic E-state index is 12.5. The molecule has 0 saturated carbocycles. The maximum Gasteiger partial charge on any atom is 0.255 e. The van der Waals surface area contributed by atoms with E-state index in [1.165, 1.54) is 6.33 Å². The Morgan fingerprint density at radius 2 is 1.55 bits per heavy atom. The summed E-state index contributed by atoms with van der Waals surface area (Å²) in [5, 5.41) is 15.3. The largest absolute Gasteiger partial charge is 0.322 e. The lowest BCUT2D eigenvalue weighted by Crippen LogP contribution is -2.11. The van der Waals surface area contributed by atoms with Crippen LogP contribution >= 0.6 is 0 Å². The monoisotopic (exact) mass is 382 g/mol. The van der Waals surface area contributed by atoms with Gasteiger partial charge in [0.15, 0.2) is 0 Å². The summed E-state index contributed by atoms with van der Waals surface area (Å²) in [5.41, 5.74) is 3.82. The topological polar surface area (TPSA) is 84.5 Å². The Morgan fingerprint density at radius 1 is 0.862 bits per heavy atom. The van der Waals surface area contributed by atoms with Crippen LogP contribution in [0.1, 0.15) is 15.9 Å². The summed E-state index contributed by atoms with van der Waals surface area (Å²) < 4.78 is 1.73. The summed E-state index contributed by atoms with van der Waals surface area (Å²) in [6, 6.07) is 24.1. The van der Waals surface area contributed by atoms with Crippen LogP contribution in [-0.2, 0) is 6.54 Å². The minimum absolute atomic E-state index is 0.170. The van der Waals surface area contributed by atoms with E-state index < -0.39 is 0 Å². The number of anilines is 1. The molecule has 7 nitrogen and oxygen atoms in total. The van der Waals surface area contributed by atoms with Crippen molar-refractivity contribution >= 4 is 23.0 Å². The fraction of sp³-hybridized carbons (Fsp3) is 0.0455. The minimum Gasteiger partial charge on any atom is -0.322 e. The van der Waals surface area contributed by atoms with Gasteiger partial charge in [-0.15, -0.1) is 0 Å². The third kappa shape index (κ3) is 4.98. The average molecular weight is 382 g/mol. The molecule has 0 fully saturated rings. The van der Waals surface area contributed by atoms with Gasteiger partial charge in [0.25, 0.3) is 5.91 Å². The van der Waals surface area contributed by atoms with Crippen molar-refractivity contribution in [2.24, 2.45) is 10.2 Å². The Hall–Kier alpha value is -4.13. The highest BCUT2D eigenvalue weighted by Crippen LogP contribution is 2.20. The number of azo groups is 1. The number of nitrogens with one attached hydrogen (secondary N) is 1. The van der Waals surface area contributed by atoms with Gasteiger partial charge in [-0.05, 0) is 54.1 Å². The van der Waals surface area contributed by atoms with Gasteiger partial charge in [-0.2, -0.15) is 15.3 Å². The molecule has 0 radical (unpaired) electrons. The van der Waals surface area contributed by atoms with Crippen molar-refractivity contribution in [2.45, 2.75) is 6.54 Å². The van der Waals surface area contributed by atoms with Gasteiger partial charge in [-0.1, -0.05) is 30.3 Å². The fourth-order valence-corrected chi connectivity index (χ4v) is 2.69. The number of amides is 1. The second kappa shape index (κ2) is 8.71. The van der Waals surface area contributed by atoms with Gasteiger partial charge >= 0.3 is 0 Å². The van der Waals surface area contributed by atoms with Crippen LogP contribution in [0.5, 0.6) is 0 Å². The Balaban J connectivity index is 1.36. The molecule has 4 rings (SSSR count). The first-order valence-corrected chi connectivity index (χ1v) is 9.06. The summed E-state index contributed by atoms with van der Waals surface area (Å²) in [7, 11) is 0. The lowest BCUT2D eigenvalue weighted by molar-refractivity contribution is 0.102. The van der Waals surface area contributed by atoms with E-state index in [0.29, 0.717) is 23.5 Å². The molecule has 0 aliphatic rings. The van der Waals surface area contributed by atoms with Gasteiger partial charge in [0, 0.05) is 11.3 Å². The first-order valence-electron chi connectivity index (χ1n) is 9.06. The van der Waals surface area contributed by atoms with Crippen molar-refractivity contribution in [3.8, 4) is 0 Å². The molecular formula is C22H18N6O. The number of benzene rings is 3. The molecule has 1 N–H and O–H groups in total. The SMILES string of the molecule is O=C(Nc1ccc(N=Nc2ccccc2)cc1)c1ccc(Cn2cncn2)cc1. The normalized spacial score (nSPS) is 10.9. The molecular weight excluding hydrogens is 364 g/mol. The summed E-state index contributed by atoms with van der Waals surface area (Å²) in [5.74, 6) is -0.170. The molecule has 0 bridgehead atoms. The van der Waals surface area contributed by atoms with Gasteiger partial charge in [0.05, 0.1) is 17.9 Å². The van der Waals surface area contributed by atoms with Crippen molar-refractivity contribution in [1.82, 2.24) is 14.8 Å². The molecule has 0 saturated heterocycles. The van der Waals surface area contributed by atoms with Crippen molar-refractivity contribution in [2.75, 3.05) is 5.32 Å². The smallest absolute Gasteiger partial charge is 0.255 e. The van der Waals surface area contributed by atoms with Crippen LogP contribution < -0.4 is 5.32 Å². The van der Waals surface area contributed by atoms with E-state index in [9.17, 15) is 4.79 Å². The number of hydrogen-bond donors (Lipinski definition) is 1. The molecule has 0 aliphatic carbocycles. The molecule has 142 valence electrons. The highest BCUT2D eigenvalue weighted by molar-refractivity contribution is 6.04. The second-order valence-corrected chi connectivity index (χ2v) is 6.33. The second-order valence-electron chi connectivity index (χ2n) is 6.33. The van der Waals surface area contributed by atoms with Gasteiger partial charge < -0.3 is 5.32 Å². The summed E-state index contributed by atoms with van der Waals surface area (Å²) in [4.78, 5) is 16.4. The summed E-state index contributed by atoms with van der Waals surface area (Å²) >= 11 is 0. The zero-order valence-electron chi connectivity index (χ0n) is 15.5. The van der Waals surface area contributed by atoms with E-state index in [1.807, 2.05) is 54.6 Å². The summed E-state index contributed by atoms with van der Waals surface area (Å²) in [6.45, 7) is 0.612. The van der Waals surface area contributed by atoms with Gasteiger partial charge in [-0.25, -0.2) is 9.67 Å². The van der Waals surface area contributed by atoms with Gasteiger partial charge in [0.2, 0.25) is 0 Å². The quantitative estimate of drug-likeness (QED) is 0.477. The number of nitrogens with zero attached hydrogens (tertiary/aromatic N) is 5. The van der Waals surface area contributed by atoms with Crippen molar-refractivity contribution in [3.05, 3.63) is 103 Å². The molecule has 7 heteroatoms. The molecule has 0 unspecified atom stereocenters. The standard InChI is InChI=1S/C22H18N6O/c29-22(18-8-6-17(7-9-18)14-28-16-23-15-24-28)25-19-10-12-21(13-11-19)27-26-20-4-2-1-3-5-20/h1-13,15-16H,14H2,(H,25,29). The highest BCUT2D eigenvalue weighted by Gasteiger charge is 2.06. The van der Waals surface area contributed by atoms with Crippen LogP contribution in [0.4, 0.5) is 17.1 Å². The van der Waals surface area contributed by atoms with Crippen LogP contribution in [0.3, 0.4) is 0 Å². The van der Waals surface area contributed by atoms with Crippen molar-refractivity contribution in [1.29, 1.82) is 0 Å². The first kappa shape index (κ1) is 18.2. The zero-order chi connectivity index (χ0) is 19.9. The molecule has 1 heterocycles. The Labute approximate surface area is 167 Å². The number of carbonyl (C=O) groups is 1. The molecule has 4 aromatic rings.